The van der Waals surface area contributed by atoms with Gasteiger partial charge in [0.1, 0.15) is 11.0 Å². The zero-order valence-electron chi connectivity index (χ0n) is 10.8. The first-order valence-corrected chi connectivity index (χ1v) is 7.13. The lowest BCUT2D eigenvalue weighted by Gasteiger charge is -2.15. The third-order valence-electron chi connectivity index (χ3n) is 3.75. The van der Waals surface area contributed by atoms with Crippen LogP contribution in [0, 0.1) is 6.92 Å². The molecule has 0 amide bonds. The lowest BCUT2D eigenvalue weighted by molar-refractivity contribution is 0.557. The van der Waals surface area contributed by atoms with Crippen LogP contribution in [0.4, 0.5) is 0 Å². The first-order chi connectivity index (χ1) is 8.22. The summed E-state index contributed by atoms with van der Waals surface area (Å²) in [5.74, 6) is 1.51. The van der Waals surface area contributed by atoms with Crippen molar-refractivity contribution in [2.45, 2.75) is 64.7 Å². The van der Waals surface area contributed by atoms with Crippen molar-refractivity contribution in [3.8, 4) is 0 Å². The van der Waals surface area contributed by atoms with Gasteiger partial charge in [0, 0.05) is 17.2 Å². The molecular weight excluding hydrogens is 232 g/mol. The Balaban J connectivity index is 2.26. The second-order valence-corrected chi connectivity index (χ2v) is 5.34. The molecule has 17 heavy (non-hydrogen) atoms. The maximum absolute atomic E-state index is 6.24. The summed E-state index contributed by atoms with van der Waals surface area (Å²) in [6.07, 6.45) is 8.69. The minimum Gasteiger partial charge on any atom is -0.238 e. The van der Waals surface area contributed by atoms with Crippen molar-refractivity contribution in [2.24, 2.45) is 0 Å². The highest BCUT2D eigenvalue weighted by molar-refractivity contribution is 6.30. The molecule has 1 saturated carbocycles. The Morgan fingerprint density at radius 3 is 2.29 bits per heavy atom. The van der Waals surface area contributed by atoms with Gasteiger partial charge < -0.3 is 0 Å². The third kappa shape index (κ3) is 2.98. The van der Waals surface area contributed by atoms with Gasteiger partial charge in [-0.1, -0.05) is 44.2 Å². The van der Waals surface area contributed by atoms with E-state index in [0.717, 1.165) is 23.5 Å². The molecule has 94 valence electrons. The van der Waals surface area contributed by atoms with Crippen molar-refractivity contribution < 1.29 is 0 Å². The van der Waals surface area contributed by atoms with Crippen molar-refractivity contribution in [1.82, 2.24) is 9.97 Å². The fraction of sp³-hybridized carbons (Fsp3) is 0.714. The molecule has 1 aromatic heterocycles. The smallest absolute Gasteiger partial charge is 0.136 e. The molecule has 3 heteroatoms. The minimum absolute atomic E-state index is 0.527. The van der Waals surface area contributed by atoms with Crippen LogP contribution in [0.15, 0.2) is 0 Å². The predicted octanol–water partition coefficient (Wildman–Crippen LogP) is 4.44. The Hall–Kier alpha value is -0.630. The molecule has 0 spiro atoms. The number of aromatic nitrogens is 2. The van der Waals surface area contributed by atoms with Gasteiger partial charge in [0.2, 0.25) is 0 Å². The maximum Gasteiger partial charge on any atom is 0.136 e. The fourth-order valence-electron chi connectivity index (χ4n) is 2.70. The quantitative estimate of drug-likeness (QED) is 0.575. The molecule has 0 aromatic carbocycles. The van der Waals surface area contributed by atoms with E-state index in [9.17, 15) is 0 Å². The second kappa shape index (κ2) is 5.81. The minimum atomic E-state index is 0.527. The number of nitrogens with zero attached hydrogens (tertiary/aromatic N) is 2. The topological polar surface area (TPSA) is 25.8 Å². The number of hydrogen-bond donors (Lipinski definition) is 0. The standard InChI is InChI=1S/C14H21ClN2/c1-3-12-10(2)16-14(17-13(12)15)11-8-6-4-5-7-9-11/h11H,3-9H2,1-2H3. The average Bonchev–Trinajstić information content (AvgIpc) is 2.57. The molecule has 0 atom stereocenters. The number of hydrogen-bond acceptors (Lipinski definition) is 2. The van der Waals surface area contributed by atoms with Crippen LogP contribution >= 0.6 is 11.6 Å². The molecule has 0 radical (unpaired) electrons. The van der Waals surface area contributed by atoms with E-state index in [-0.39, 0.29) is 0 Å². The fourth-order valence-corrected chi connectivity index (χ4v) is 3.06. The van der Waals surface area contributed by atoms with E-state index in [4.69, 9.17) is 11.6 Å². The van der Waals surface area contributed by atoms with Crippen LogP contribution in [0.5, 0.6) is 0 Å². The van der Waals surface area contributed by atoms with Crippen LogP contribution in [0.1, 0.15) is 68.4 Å². The van der Waals surface area contributed by atoms with Gasteiger partial charge in [-0.3, -0.25) is 0 Å². The zero-order chi connectivity index (χ0) is 12.3. The summed E-state index contributed by atoms with van der Waals surface area (Å²) in [6.45, 7) is 4.15. The van der Waals surface area contributed by atoms with Crippen molar-refractivity contribution in [3.63, 3.8) is 0 Å². The summed E-state index contributed by atoms with van der Waals surface area (Å²) in [6, 6.07) is 0. The molecule has 0 unspecified atom stereocenters. The van der Waals surface area contributed by atoms with Gasteiger partial charge in [-0.2, -0.15) is 0 Å². The molecule has 0 N–H and O–H groups in total. The van der Waals surface area contributed by atoms with Crippen LogP contribution in [-0.2, 0) is 6.42 Å². The average molecular weight is 253 g/mol. The first-order valence-electron chi connectivity index (χ1n) is 6.75. The van der Waals surface area contributed by atoms with E-state index in [2.05, 4.69) is 16.9 Å². The monoisotopic (exact) mass is 252 g/mol. The molecule has 2 rings (SSSR count). The normalized spacial score (nSPS) is 18.1. The van der Waals surface area contributed by atoms with Crippen molar-refractivity contribution in [1.29, 1.82) is 0 Å². The van der Waals surface area contributed by atoms with E-state index in [1.54, 1.807) is 0 Å². The van der Waals surface area contributed by atoms with Crippen LogP contribution in [0.2, 0.25) is 5.15 Å². The van der Waals surface area contributed by atoms with Crippen LogP contribution in [0.3, 0.4) is 0 Å². The number of halogens is 1. The van der Waals surface area contributed by atoms with Gasteiger partial charge in [-0.25, -0.2) is 9.97 Å². The lowest BCUT2D eigenvalue weighted by atomic mass is 9.99. The number of aryl methyl sites for hydroxylation is 1. The Morgan fingerprint density at radius 1 is 1.12 bits per heavy atom. The summed E-state index contributed by atoms with van der Waals surface area (Å²) in [5, 5.41) is 0.666. The molecule has 1 aromatic rings. The molecule has 1 aliphatic carbocycles. The zero-order valence-corrected chi connectivity index (χ0v) is 11.6. The largest absolute Gasteiger partial charge is 0.238 e. The molecule has 0 aliphatic heterocycles. The molecule has 1 aliphatic rings. The van der Waals surface area contributed by atoms with Gasteiger partial charge in [0.05, 0.1) is 0 Å². The van der Waals surface area contributed by atoms with Gasteiger partial charge in [-0.15, -0.1) is 0 Å². The highest BCUT2D eigenvalue weighted by atomic mass is 35.5. The highest BCUT2D eigenvalue weighted by Gasteiger charge is 2.19. The van der Waals surface area contributed by atoms with E-state index in [1.165, 1.54) is 38.5 Å². The predicted molar refractivity (Wildman–Crippen MR) is 71.6 cm³/mol. The van der Waals surface area contributed by atoms with Crippen LogP contribution in [-0.4, -0.2) is 9.97 Å². The molecule has 1 heterocycles. The molecular formula is C14H21ClN2. The Labute approximate surface area is 109 Å². The van der Waals surface area contributed by atoms with Crippen LogP contribution < -0.4 is 0 Å². The lowest BCUT2D eigenvalue weighted by Crippen LogP contribution is -2.07. The van der Waals surface area contributed by atoms with Crippen molar-refractivity contribution >= 4 is 11.6 Å². The van der Waals surface area contributed by atoms with Crippen molar-refractivity contribution in [2.75, 3.05) is 0 Å². The summed E-state index contributed by atoms with van der Waals surface area (Å²) >= 11 is 6.24. The highest BCUT2D eigenvalue weighted by Crippen LogP contribution is 2.31. The Bertz CT molecular complexity index is 359. The number of rotatable bonds is 2. The van der Waals surface area contributed by atoms with Gasteiger partial charge >= 0.3 is 0 Å². The van der Waals surface area contributed by atoms with Gasteiger partial charge in [-0.05, 0) is 26.2 Å². The molecule has 2 nitrogen and oxygen atoms in total. The molecule has 1 fully saturated rings. The molecule has 0 saturated heterocycles. The first kappa shape index (κ1) is 12.8. The summed E-state index contributed by atoms with van der Waals surface area (Å²) in [5.41, 5.74) is 2.16. The molecule has 0 bridgehead atoms. The van der Waals surface area contributed by atoms with Gasteiger partial charge in [0.25, 0.3) is 0 Å². The van der Waals surface area contributed by atoms with Gasteiger partial charge in [0.15, 0.2) is 0 Å². The Morgan fingerprint density at radius 2 is 1.76 bits per heavy atom. The van der Waals surface area contributed by atoms with E-state index < -0.39 is 0 Å². The summed E-state index contributed by atoms with van der Waals surface area (Å²) in [4.78, 5) is 9.20. The van der Waals surface area contributed by atoms with E-state index in [1.807, 2.05) is 6.92 Å². The summed E-state index contributed by atoms with van der Waals surface area (Å²) in [7, 11) is 0. The summed E-state index contributed by atoms with van der Waals surface area (Å²) < 4.78 is 0. The third-order valence-corrected chi connectivity index (χ3v) is 4.07. The SMILES string of the molecule is CCc1c(C)nc(C2CCCCCC2)nc1Cl. The van der Waals surface area contributed by atoms with Crippen LogP contribution in [0.25, 0.3) is 0 Å². The second-order valence-electron chi connectivity index (χ2n) is 4.98. The van der Waals surface area contributed by atoms with Crippen molar-refractivity contribution in [3.05, 3.63) is 22.2 Å². The van der Waals surface area contributed by atoms with E-state index in [0.29, 0.717) is 11.1 Å². The van der Waals surface area contributed by atoms with E-state index >= 15 is 0 Å². The maximum atomic E-state index is 6.24. The Kier molecular flexibility index (Phi) is 4.38.